The first-order chi connectivity index (χ1) is 9.40. The van der Waals surface area contributed by atoms with Gasteiger partial charge in [0.05, 0.1) is 0 Å². The molecule has 1 aromatic carbocycles. The number of likely N-dealkylation sites (tertiary alicyclic amines) is 1. The van der Waals surface area contributed by atoms with Crippen molar-refractivity contribution in [1.29, 1.82) is 0 Å². The first-order valence-corrected chi connectivity index (χ1v) is 7.60. The largest absolute Gasteiger partial charge is 0.380 e. The molecule has 0 aromatic heterocycles. The molecule has 0 bridgehead atoms. The fourth-order valence-electron chi connectivity index (χ4n) is 2.48. The van der Waals surface area contributed by atoms with Gasteiger partial charge in [0.25, 0.3) is 0 Å². The summed E-state index contributed by atoms with van der Waals surface area (Å²) in [6.07, 6.45) is 1.49. The molecule has 3 unspecified atom stereocenters. The summed E-state index contributed by atoms with van der Waals surface area (Å²) in [4.78, 5) is 13.5. The molecule has 1 aromatic rings. The highest BCUT2D eigenvalue weighted by atomic mass is 31.0. The highest BCUT2D eigenvalue weighted by Gasteiger charge is 2.25. The molecule has 1 N–H and O–H groups in total. The number of carbonyl (C=O) groups is 1. The van der Waals surface area contributed by atoms with Crippen molar-refractivity contribution >= 4 is 20.8 Å². The molecule has 20 heavy (non-hydrogen) atoms. The number of nitrogens with one attached hydrogen (secondary N) is 1. The third-order valence-electron chi connectivity index (χ3n) is 3.64. The van der Waals surface area contributed by atoms with Crippen LogP contribution in [-0.2, 0) is 10.2 Å². The number of hydrogen-bond donors (Lipinski definition) is 1. The second-order valence-corrected chi connectivity index (χ2v) is 6.56. The third kappa shape index (κ3) is 3.69. The number of rotatable bonds is 4. The monoisotopic (exact) mass is 296 g/mol. The minimum absolute atomic E-state index is 0.198. The molecule has 0 spiro atoms. The van der Waals surface area contributed by atoms with Gasteiger partial charge < -0.3 is 10.2 Å². The van der Waals surface area contributed by atoms with E-state index < -0.39 is 5.41 Å². The van der Waals surface area contributed by atoms with Crippen LogP contribution >= 0.6 is 9.24 Å². The van der Waals surface area contributed by atoms with E-state index in [1.807, 2.05) is 30.0 Å². The van der Waals surface area contributed by atoms with E-state index in [1.165, 1.54) is 6.92 Å². The van der Waals surface area contributed by atoms with Gasteiger partial charge in [0.2, 0.25) is 5.91 Å². The van der Waals surface area contributed by atoms with Gasteiger partial charge in [-0.2, -0.15) is 0 Å². The van der Waals surface area contributed by atoms with Gasteiger partial charge in [-0.3, -0.25) is 4.79 Å². The Morgan fingerprint density at radius 3 is 3.00 bits per heavy atom. The quantitative estimate of drug-likeness (QED) is 0.866. The van der Waals surface area contributed by atoms with Crippen LogP contribution in [0.3, 0.4) is 0 Å². The summed E-state index contributed by atoms with van der Waals surface area (Å²) in [7, 11) is 2.21. The van der Waals surface area contributed by atoms with E-state index in [4.69, 9.17) is 0 Å². The van der Waals surface area contributed by atoms with E-state index in [-0.39, 0.29) is 11.9 Å². The van der Waals surface area contributed by atoms with E-state index in [0.717, 1.165) is 25.2 Å². The summed E-state index contributed by atoms with van der Waals surface area (Å²) in [6.45, 7) is 4.93. The van der Waals surface area contributed by atoms with E-state index >= 15 is 0 Å². The zero-order valence-electron chi connectivity index (χ0n) is 12.0. The van der Waals surface area contributed by atoms with Crippen molar-refractivity contribution in [2.24, 2.45) is 0 Å². The summed E-state index contributed by atoms with van der Waals surface area (Å²) in [5.41, 5.74) is 1.54. The highest BCUT2D eigenvalue weighted by Crippen LogP contribution is 2.33. The Labute approximate surface area is 122 Å². The molecule has 3 nitrogen and oxygen atoms in total. The van der Waals surface area contributed by atoms with Crippen molar-refractivity contribution in [1.82, 2.24) is 4.90 Å². The fraction of sp³-hybridized carbons (Fsp3) is 0.533. The standard InChI is InChI=1S/C15H22FN2OP/c1-3-14(19)18-8-7-13(10-18)17-12-6-4-5-11(9-12)15(2,16)20/h4-6,9,13,17H,3,7-8,10,20H2,1-2H3. The number of anilines is 1. The molecule has 1 saturated heterocycles. The normalized spacial score (nSPS) is 21.6. The average Bonchev–Trinajstić information content (AvgIpc) is 2.85. The SMILES string of the molecule is CCC(=O)N1CCC(Nc2cccc(C(C)(F)P)c2)C1. The topological polar surface area (TPSA) is 32.3 Å². The molecule has 1 amide bonds. The van der Waals surface area contributed by atoms with Crippen LogP contribution < -0.4 is 5.32 Å². The van der Waals surface area contributed by atoms with E-state index in [9.17, 15) is 9.18 Å². The van der Waals surface area contributed by atoms with Gasteiger partial charge in [-0.05, 0) is 31.0 Å². The van der Waals surface area contributed by atoms with Crippen molar-refractivity contribution < 1.29 is 9.18 Å². The molecule has 0 aliphatic carbocycles. The molecule has 1 fully saturated rings. The summed E-state index contributed by atoms with van der Waals surface area (Å²) >= 11 is 0. The van der Waals surface area contributed by atoms with Crippen molar-refractivity contribution in [3.63, 3.8) is 0 Å². The van der Waals surface area contributed by atoms with Crippen LogP contribution in [0.2, 0.25) is 0 Å². The predicted molar refractivity (Wildman–Crippen MR) is 83.5 cm³/mol. The van der Waals surface area contributed by atoms with Crippen molar-refractivity contribution in [2.45, 2.75) is 38.1 Å². The summed E-state index contributed by atoms with van der Waals surface area (Å²) in [5.74, 6) is 0.198. The van der Waals surface area contributed by atoms with Gasteiger partial charge in [-0.15, -0.1) is 0 Å². The van der Waals surface area contributed by atoms with Crippen LogP contribution in [0, 0.1) is 0 Å². The molecule has 1 aliphatic rings. The minimum Gasteiger partial charge on any atom is -0.380 e. The van der Waals surface area contributed by atoms with Crippen LogP contribution in [-0.4, -0.2) is 29.9 Å². The lowest BCUT2D eigenvalue weighted by molar-refractivity contribution is -0.129. The Morgan fingerprint density at radius 1 is 1.60 bits per heavy atom. The van der Waals surface area contributed by atoms with E-state index in [1.54, 1.807) is 6.07 Å². The van der Waals surface area contributed by atoms with Crippen LogP contribution in [0.4, 0.5) is 10.1 Å². The Bertz CT molecular complexity index is 487. The number of halogens is 1. The van der Waals surface area contributed by atoms with Crippen LogP contribution in [0.25, 0.3) is 0 Å². The van der Waals surface area contributed by atoms with Crippen LogP contribution in [0.5, 0.6) is 0 Å². The maximum Gasteiger partial charge on any atom is 0.222 e. The number of benzene rings is 1. The molecular formula is C15H22FN2OP. The number of hydrogen-bond acceptors (Lipinski definition) is 2. The summed E-state index contributed by atoms with van der Waals surface area (Å²) in [5, 5.41) is 1.97. The minimum atomic E-state index is -1.42. The second kappa shape index (κ2) is 6.09. The predicted octanol–water partition coefficient (Wildman–Crippen LogP) is 3.13. The van der Waals surface area contributed by atoms with Crippen molar-refractivity contribution in [3.05, 3.63) is 29.8 Å². The van der Waals surface area contributed by atoms with Gasteiger partial charge in [-0.25, -0.2) is 4.39 Å². The van der Waals surface area contributed by atoms with Crippen molar-refractivity contribution in [3.8, 4) is 0 Å². The molecule has 3 atom stereocenters. The molecular weight excluding hydrogens is 274 g/mol. The average molecular weight is 296 g/mol. The maximum atomic E-state index is 13.9. The second-order valence-electron chi connectivity index (χ2n) is 5.48. The lowest BCUT2D eigenvalue weighted by Crippen LogP contribution is -2.30. The zero-order valence-corrected chi connectivity index (χ0v) is 13.2. The van der Waals surface area contributed by atoms with E-state index in [2.05, 4.69) is 14.6 Å². The summed E-state index contributed by atoms with van der Waals surface area (Å²) < 4.78 is 13.9. The number of alkyl halides is 1. The molecule has 110 valence electrons. The van der Waals surface area contributed by atoms with Gasteiger partial charge in [0.1, 0.15) is 5.41 Å². The Kier molecular flexibility index (Phi) is 4.64. The lowest BCUT2D eigenvalue weighted by Gasteiger charge is -2.19. The Hall–Kier alpha value is -1.15. The molecule has 1 heterocycles. The number of carbonyl (C=O) groups excluding carboxylic acids is 1. The molecule has 2 rings (SSSR count). The first kappa shape index (κ1) is 15.2. The molecule has 0 radical (unpaired) electrons. The van der Waals surface area contributed by atoms with Gasteiger partial charge in [-0.1, -0.05) is 28.3 Å². The van der Waals surface area contributed by atoms with Crippen LogP contribution in [0.15, 0.2) is 24.3 Å². The van der Waals surface area contributed by atoms with Gasteiger partial charge in [0, 0.05) is 31.2 Å². The molecule has 0 saturated carbocycles. The number of nitrogens with zero attached hydrogens (tertiary/aromatic N) is 1. The van der Waals surface area contributed by atoms with Gasteiger partial charge >= 0.3 is 0 Å². The Balaban J connectivity index is 2.00. The lowest BCUT2D eigenvalue weighted by atomic mass is 10.1. The maximum absolute atomic E-state index is 13.9. The Morgan fingerprint density at radius 2 is 2.35 bits per heavy atom. The summed E-state index contributed by atoms with van der Waals surface area (Å²) in [6, 6.07) is 7.64. The highest BCUT2D eigenvalue weighted by molar-refractivity contribution is 7.18. The molecule has 5 heteroatoms. The van der Waals surface area contributed by atoms with Crippen molar-refractivity contribution in [2.75, 3.05) is 18.4 Å². The third-order valence-corrected chi connectivity index (χ3v) is 3.97. The zero-order chi connectivity index (χ0) is 14.8. The number of amides is 1. The van der Waals surface area contributed by atoms with Crippen LogP contribution in [0.1, 0.15) is 32.3 Å². The smallest absolute Gasteiger partial charge is 0.222 e. The fourth-order valence-corrected chi connectivity index (χ4v) is 2.66. The van der Waals surface area contributed by atoms with E-state index in [0.29, 0.717) is 12.0 Å². The van der Waals surface area contributed by atoms with Gasteiger partial charge in [0.15, 0.2) is 0 Å². The molecule has 1 aliphatic heterocycles. The first-order valence-electron chi connectivity index (χ1n) is 7.03.